The first-order valence-corrected chi connectivity index (χ1v) is 7.36. The van der Waals surface area contributed by atoms with Crippen molar-refractivity contribution in [3.8, 4) is 0 Å². The number of aliphatic hydroxyl groups is 1. The number of nitrogen functional groups attached to an aromatic ring is 1. The first-order chi connectivity index (χ1) is 12.3. The van der Waals surface area contributed by atoms with Gasteiger partial charge in [-0.1, -0.05) is 19.6 Å². The van der Waals surface area contributed by atoms with E-state index in [1.165, 1.54) is 31.4 Å². The zero-order chi connectivity index (χ0) is 20.3. The van der Waals surface area contributed by atoms with Gasteiger partial charge in [0.25, 0.3) is 5.91 Å². The van der Waals surface area contributed by atoms with Crippen LogP contribution >= 0.6 is 0 Å². The third kappa shape index (κ3) is 8.39. The number of amides is 1. The third-order valence-electron chi connectivity index (χ3n) is 3.16. The fourth-order valence-corrected chi connectivity index (χ4v) is 1.66. The van der Waals surface area contributed by atoms with Crippen LogP contribution in [0.1, 0.15) is 39.3 Å². The molecule has 0 saturated heterocycles. The molecule has 0 atom stereocenters. The zero-order valence-corrected chi connectivity index (χ0v) is 15.0. The predicted octanol–water partition coefficient (Wildman–Crippen LogP) is 2.90. The average molecular weight is 384 g/mol. The van der Waals surface area contributed by atoms with E-state index >= 15 is 0 Å². The van der Waals surface area contributed by atoms with E-state index in [4.69, 9.17) is 10.9 Å². The van der Waals surface area contributed by atoms with E-state index in [0.717, 1.165) is 13.2 Å². The first-order valence-electron chi connectivity index (χ1n) is 7.36. The zero-order valence-electron chi connectivity index (χ0n) is 15.0. The normalized spacial score (nSPS) is 8.74. The van der Waals surface area contributed by atoms with Crippen LogP contribution in [0, 0.1) is 25.5 Å². The van der Waals surface area contributed by atoms with Crippen LogP contribution in [0.4, 0.5) is 8.78 Å². The number of nitrogens with one attached hydrogen (secondary N) is 1. The maximum Gasteiger partial charge on any atom is 0.337 e. The summed E-state index contributed by atoms with van der Waals surface area (Å²) in [5.41, 5.74) is 3.40. The highest BCUT2D eigenvalue weighted by molar-refractivity contribution is 5.93. The Morgan fingerprint density at radius 3 is 1.74 bits per heavy atom. The summed E-state index contributed by atoms with van der Waals surface area (Å²) in [6.45, 7) is 3.26. The second kappa shape index (κ2) is 13.4. The van der Waals surface area contributed by atoms with E-state index in [-0.39, 0.29) is 18.6 Å². The molecule has 150 valence electrons. The van der Waals surface area contributed by atoms with Crippen molar-refractivity contribution in [3.63, 3.8) is 0 Å². The number of hydrogen-bond acceptors (Lipinski definition) is 5. The van der Waals surface area contributed by atoms with Crippen molar-refractivity contribution >= 4 is 11.9 Å². The molecule has 6 nitrogen and oxygen atoms in total. The molecule has 0 spiro atoms. The van der Waals surface area contributed by atoms with Gasteiger partial charge in [-0.3, -0.25) is 10.2 Å². The second-order valence-electron chi connectivity index (χ2n) is 4.89. The lowest BCUT2D eigenvalue weighted by Gasteiger charge is -2.00. The lowest BCUT2D eigenvalue weighted by Crippen LogP contribution is -2.30. The number of halogens is 2. The Morgan fingerprint density at radius 2 is 1.37 bits per heavy atom. The molecule has 1 amide bonds. The molecule has 0 aliphatic rings. The second-order valence-corrected chi connectivity index (χ2v) is 4.89. The van der Waals surface area contributed by atoms with Crippen molar-refractivity contribution < 1.29 is 28.2 Å². The molecule has 8 heteroatoms. The van der Waals surface area contributed by atoms with E-state index in [2.05, 4.69) is 4.74 Å². The molecule has 0 saturated carbocycles. The van der Waals surface area contributed by atoms with Crippen molar-refractivity contribution in [2.24, 2.45) is 5.84 Å². The number of hydrazine groups is 1. The van der Waals surface area contributed by atoms with Gasteiger partial charge in [0.1, 0.15) is 11.6 Å². The van der Waals surface area contributed by atoms with E-state index in [9.17, 15) is 18.4 Å². The van der Waals surface area contributed by atoms with Crippen LogP contribution in [0.3, 0.4) is 0 Å². The van der Waals surface area contributed by atoms with Crippen LogP contribution in [0.15, 0.2) is 36.4 Å². The van der Waals surface area contributed by atoms with Crippen LogP contribution in [0.5, 0.6) is 0 Å². The van der Waals surface area contributed by atoms with Gasteiger partial charge < -0.3 is 9.84 Å². The van der Waals surface area contributed by atoms with Gasteiger partial charge in [0.15, 0.2) is 0 Å². The first kappa shape index (κ1) is 26.4. The summed E-state index contributed by atoms with van der Waals surface area (Å²) < 4.78 is 30.1. The minimum Gasteiger partial charge on any atom is -0.465 e. The van der Waals surface area contributed by atoms with Crippen LogP contribution < -0.4 is 11.3 Å². The summed E-state index contributed by atoms with van der Waals surface area (Å²) in [4.78, 5) is 21.8. The van der Waals surface area contributed by atoms with Gasteiger partial charge in [-0.2, -0.15) is 0 Å². The van der Waals surface area contributed by atoms with Crippen molar-refractivity contribution in [1.29, 1.82) is 0 Å². The lowest BCUT2D eigenvalue weighted by molar-refractivity contribution is 0.0600. The van der Waals surface area contributed by atoms with Crippen LogP contribution in [-0.4, -0.2) is 31.2 Å². The Kier molecular flexibility index (Phi) is 13.1. The fraction of sp³-hybridized carbons (Fsp3) is 0.263. The fourth-order valence-electron chi connectivity index (χ4n) is 1.66. The van der Waals surface area contributed by atoms with E-state index in [1.807, 2.05) is 5.43 Å². The summed E-state index contributed by atoms with van der Waals surface area (Å²) in [5, 5.41) is 7.00. The highest BCUT2D eigenvalue weighted by Crippen LogP contribution is 2.10. The Balaban J connectivity index is 0. The molecule has 4 N–H and O–H groups in total. The number of carbonyl (C=O) groups is 2. The molecular weight excluding hydrogens is 358 g/mol. The number of aliphatic hydroxyl groups excluding tert-OH is 1. The number of hydrogen-bond donors (Lipinski definition) is 3. The highest BCUT2D eigenvalue weighted by atomic mass is 19.1. The van der Waals surface area contributed by atoms with Gasteiger partial charge in [-0.05, 0) is 49.2 Å². The summed E-state index contributed by atoms with van der Waals surface area (Å²) in [6, 6.07) is 8.44. The maximum absolute atomic E-state index is 12.9. The van der Waals surface area contributed by atoms with Crippen molar-refractivity contribution in [2.45, 2.75) is 21.3 Å². The van der Waals surface area contributed by atoms with Crippen LogP contribution in [0.25, 0.3) is 0 Å². The predicted molar refractivity (Wildman–Crippen MR) is 100 cm³/mol. The van der Waals surface area contributed by atoms with Crippen LogP contribution in [0.2, 0.25) is 0 Å². The third-order valence-corrected chi connectivity index (χ3v) is 3.16. The number of rotatable bonds is 2. The van der Waals surface area contributed by atoms with Gasteiger partial charge in [0.2, 0.25) is 0 Å². The Morgan fingerprint density at radius 1 is 0.963 bits per heavy atom. The standard InChI is InChI=1S/C9H9FO2.C8H9FN2O.CH4O.CH4/c1-6-3-4-7(5-8(6)10)9(11)12-2;1-5-2-3-6(4-7(5)9)8(12)11-10;1-2;/h3-5H,1-2H3;2-4H,10H2,1H3,(H,11,12);2H,1H3;1H4. The summed E-state index contributed by atoms with van der Waals surface area (Å²) >= 11 is 0. The van der Waals surface area contributed by atoms with Crippen LogP contribution in [-0.2, 0) is 4.74 Å². The number of carbonyl (C=O) groups excluding carboxylic acids is 2. The topological polar surface area (TPSA) is 102 Å². The highest BCUT2D eigenvalue weighted by Gasteiger charge is 2.07. The van der Waals surface area contributed by atoms with Gasteiger partial charge in [0.05, 0.1) is 12.7 Å². The summed E-state index contributed by atoms with van der Waals surface area (Å²) in [7, 11) is 2.26. The molecule has 0 fully saturated rings. The molecule has 0 aliphatic heterocycles. The molecule has 0 heterocycles. The number of nitrogens with two attached hydrogens (primary N) is 1. The summed E-state index contributed by atoms with van der Waals surface area (Å²) in [6.07, 6.45) is 0. The molecule has 0 radical (unpaired) electrons. The number of ether oxygens (including phenoxy) is 1. The van der Waals surface area contributed by atoms with Gasteiger partial charge in [-0.25, -0.2) is 19.4 Å². The number of esters is 1. The molecule has 0 bridgehead atoms. The Hall–Kier alpha value is -2.84. The van der Waals surface area contributed by atoms with Gasteiger partial charge >= 0.3 is 5.97 Å². The Labute approximate surface area is 157 Å². The lowest BCUT2D eigenvalue weighted by atomic mass is 10.1. The molecule has 2 rings (SSSR count). The number of methoxy groups -OCH3 is 1. The molecule has 0 aliphatic carbocycles. The molecular formula is C19H26F2N2O4. The van der Waals surface area contributed by atoms with E-state index in [1.54, 1.807) is 19.9 Å². The number of aryl methyl sites for hydroxylation is 2. The molecule has 2 aromatic carbocycles. The minimum absolute atomic E-state index is 0. The molecule has 0 aromatic heterocycles. The van der Waals surface area contributed by atoms with E-state index in [0.29, 0.717) is 11.1 Å². The van der Waals surface area contributed by atoms with Crippen molar-refractivity contribution in [3.05, 3.63) is 70.3 Å². The quantitative estimate of drug-likeness (QED) is 0.320. The minimum atomic E-state index is -0.520. The average Bonchev–Trinajstić information content (AvgIpc) is 2.67. The molecule has 0 unspecified atom stereocenters. The van der Waals surface area contributed by atoms with Crippen molar-refractivity contribution in [2.75, 3.05) is 14.2 Å². The van der Waals surface area contributed by atoms with Crippen molar-refractivity contribution in [1.82, 2.24) is 5.43 Å². The Bertz CT molecular complexity index is 689. The molecule has 2 aromatic rings. The summed E-state index contributed by atoms with van der Waals surface area (Å²) in [5.74, 6) is 3.06. The largest absolute Gasteiger partial charge is 0.465 e. The maximum atomic E-state index is 12.9. The smallest absolute Gasteiger partial charge is 0.337 e. The molecule has 27 heavy (non-hydrogen) atoms. The van der Waals surface area contributed by atoms with E-state index < -0.39 is 23.5 Å². The number of benzene rings is 2. The van der Waals surface area contributed by atoms with Gasteiger partial charge in [0, 0.05) is 12.7 Å². The SMILES string of the molecule is C.CO.COC(=O)c1ccc(C)c(F)c1.Cc1ccc(C(=O)NN)cc1F. The monoisotopic (exact) mass is 384 g/mol. The van der Waals surface area contributed by atoms with Gasteiger partial charge in [-0.15, -0.1) is 0 Å².